The van der Waals surface area contributed by atoms with Crippen molar-refractivity contribution >= 4 is 18.5 Å². The second-order valence-corrected chi connectivity index (χ2v) is 7.17. The second-order valence-electron chi connectivity index (χ2n) is 7.17. The summed E-state index contributed by atoms with van der Waals surface area (Å²) in [6.07, 6.45) is -0.393. The highest BCUT2D eigenvalue weighted by Crippen LogP contribution is 2.16. The normalized spacial score (nSPS) is 16.8. The van der Waals surface area contributed by atoms with E-state index in [9.17, 15) is 22.1 Å². The Hall–Kier alpha value is -1.77. The van der Waals surface area contributed by atoms with Crippen LogP contribution in [0.2, 0.25) is 0 Å². The first-order valence-electron chi connectivity index (χ1n) is 8.14. The van der Waals surface area contributed by atoms with Gasteiger partial charge in [-0.2, -0.15) is 0 Å². The second kappa shape index (κ2) is 7.23. The van der Waals surface area contributed by atoms with E-state index in [0.717, 1.165) is 12.1 Å². The molecular weight excluding hydrogens is 339 g/mol. The first kappa shape index (κ1) is 19.6. The molecule has 140 valence electrons. The van der Waals surface area contributed by atoms with Crippen molar-refractivity contribution in [3.8, 4) is 0 Å². The molecule has 0 bridgehead atoms. The van der Waals surface area contributed by atoms with Crippen LogP contribution in [0.15, 0.2) is 18.2 Å². The molecule has 0 N–H and O–H groups in total. The highest BCUT2D eigenvalue weighted by molar-refractivity contribution is 6.73. The predicted molar refractivity (Wildman–Crippen MR) is 88.2 cm³/mol. The quantitative estimate of drug-likeness (QED) is 0.613. The van der Waals surface area contributed by atoms with Crippen molar-refractivity contribution in [1.29, 1.82) is 0 Å². The van der Waals surface area contributed by atoms with Crippen LogP contribution in [0.4, 0.5) is 22.1 Å². The summed E-state index contributed by atoms with van der Waals surface area (Å²) in [5, 5.41) is 0. The lowest BCUT2D eigenvalue weighted by atomic mass is 9.79. The van der Waals surface area contributed by atoms with Crippen LogP contribution in [-0.2, 0) is 11.3 Å². The number of hydrogen-bond donors (Lipinski definition) is 0. The Morgan fingerprint density at radius 3 is 2.28 bits per heavy atom. The summed E-state index contributed by atoms with van der Waals surface area (Å²) in [7, 11) is 0. The molecule has 0 saturated carbocycles. The van der Waals surface area contributed by atoms with Gasteiger partial charge >= 0.3 is 13.1 Å². The number of carbonyl (C=O) groups excluding carboxylic acids is 1. The molecule has 1 aliphatic rings. The third kappa shape index (κ3) is 5.62. The van der Waals surface area contributed by atoms with E-state index in [1.165, 1.54) is 6.07 Å². The summed E-state index contributed by atoms with van der Waals surface area (Å²) in [4.78, 5) is 15.5. The number of piperazine rings is 1. The fraction of sp³-hybridized carbons (Fsp3) is 0.562. The van der Waals surface area contributed by atoms with Crippen molar-refractivity contribution in [3.63, 3.8) is 0 Å². The van der Waals surface area contributed by atoms with Gasteiger partial charge in [0.05, 0.1) is 5.82 Å². The number of hydrogen-bond acceptors (Lipinski definition) is 3. The molecule has 1 heterocycles. The van der Waals surface area contributed by atoms with Crippen LogP contribution in [0.3, 0.4) is 0 Å². The zero-order valence-electron chi connectivity index (χ0n) is 14.6. The van der Waals surface area contributed by atoms with Crippen molar-refractivity contribution in [2.45, 2.75) is 32.9 Å². The van der Waals surface area contributed by atoms with E-state index in [1.54, 1.807) is 25.7 Å². The van der Waals surface area contributed by atoms with Gasteiger partial charge in [-0.15, -0.1) is 0 Å². The summed E-state index contributed by atoms with van der Waals surface area (Å²) < 4.78 is 57.1. The number of amides is 1. The average molecular weight is 361 g/mol. The smallest absolute Gasteiger partial charge is 0.445 e. The van der Waals surface area contributed by atoms with Crippen LogP contribution in [0.25, 0.3) is 0 Å². The first-order valence-corrected chi connectivity index (χ1v) is 8.14. The number of rotatable bonds is 3. The van der Waals surface area contributed by atoms with Crippen LogP contribution in [0.1, 0.15) is 26.3 Å². The number of carbonyl (C=O) groups is 1. The number of halogens is 4. The van der Waals surface area contributed by atoms with Gasteiger partial charge in [0, 0.05) is 32.7 Å². The standard InChI is InChI=1S/C16H22BF4N2O2/c1-16(2,3)25-15(24)23-8-6-22(7-9-23)11-12-4-5-14(18)13(10-12)17(19,20)21/h4-5,10H,6-9,11H2,1-3H3/q-1. The molecule has 2 rings (SSSR count). The number of ether oxygens (including phenoxy) is 1. The maximum absolute atomic E-state index is 13.3. The maximum atomic E-state index is 13.3. The molecule has 1 aliphatic heterocycles. The molecule has 0 atom stereocenters. The molecule has 1 aromatic carbocycles. The minimum Gasteiger partial charge on any atom is -0.445 e. The Morgan fingerprint density at radius 1 is 1.16 bits per heavy atom. The molecule has 4 nitrogen and oxygen atoms in total. The number of nitrogens with zero attached hydrogens (tertiary/aromatic N) is 2. The summed E-state index contributed by atoms with van der Waals surface area (Å²) in [5.41, 5.74) is -1.36. The lowest BCUT2D eigenvalue weighted by molar-refractivity contribution is 0.0139. The van der Waals surface area contributed by atoms with Crippen LogP contribution in [-0.4, -0.2) is 54.7 Å². The van der Waals surface area contributed by atoms with E-state index in [2.05, 4.69) is 0 Å². The third-order valence-electron chi connectivity index (χ3n) is 3.84. The van der Waals surface area contributed by atoms with Crippen LogP contribution >= 0.6 is 0 Å². The lowest BCUT2D eigenvalue weighted by Gasteiger charge is -2.35. The molecule has 25 heavy (non-hydrogen) atoms. The Morgan fingerprint density at radius 2 is 1.76 bits per heavy atom. The van der Waals surface area contributed by atoms with E-state index in [4.69, 9.17) is 4.74 Å². The Balaban J connectivity index is 1.93. The Labute approximate surface area is 144 Å². The summed E-state index contributed by atoms with van der Waals surface area (Å²) in [6, 6.07) is 3.09. The van der Waals surface area contributed by atoms with E-state index in [0.29, 0.717) is 31.7 Å². The van der Waals surface area contributed by atoms with Gasteiger partial charge in [0.1, 0.15) is 5.60 Å². The third-order valence-corrected chi connectivity index (χ3v) is 3.84. The van der Waals surface area contributed by atoms with Crippen molar-refractivity contribution in [3.05, 3.63) is 29.6 Å². The van der Waals surface area contributed by atoms with E-state index >= 15 is 0 Å². The first-order chi connectivity index (χ1) is 11.5. The van der Waals surface area contributed by atoms with Crippen LogP contribution in [0, 0.1) is 5.82 Å². The van der Waals surface area contributed by atoms with Gasteiger partial charge in [-0.3, -0.25) is 4.90 Å². The monoisotopic (exact) mass is 361 g/mol. The van der Waals surface area contributed by atoms with Gasteiger partial charge < -0.3 is 22.6 Å². The van der Waals surface area contributed by atoms with Gasteiger partial charge in [0.25, 0.3) is 0 Å². The van der Waals surface area contributed by atoms with Crippen LogP contribution in [0.5, 0.6) is 0 Å². The summed E-state index contributed by atoms with van der Waals surface area (Å²) in [5.74, 6) is -1.24. The molecule has 1 amide bonds. The van der Waals surface area contributed by atoms with Gasteiger partial charge in [-0.1, -0.05) is 17.6 Å². The SMILES string of the molecule is CC(C)(C)OC(=O)N1CCN(Cc2ccc(F)c([B-](F)(F)F)c2)CC1. The molecule has 1 aromatic rings. The topological polar surface area (TPSA) is 32.8 Å². The molecule has 9 heteroatoms. The maximum Gasteiger partial charge on any atom is 0.512 e. The van der Waals surface area contributed by atoms with Gasteiger partial charge in [-0.25, -0.2) is 9.18 Å². The summed E-state index contributed by atoms with van der Waals surface area (Å²) in [6.45, 7) is 2.17. The molecule has 0 unspecified atom stereocenters. The van der Waals surface area contributed by atoms with Crippen molar-refractivity contribution in [2.75, 3.05) is 26.2 Å². The largest absolute Gasteiger partial charge is 0.512 e. The van der Waals surface area contributed by atoms with E-state index < -0.39 is 30.0 Å². The fourth-order valence-corrected chi connectivity index (χ4v) is 2.62. The minimum absolute atomic E-state index is 0.279. The minimum atomic E-state index is -5.38. The average Bonchev–Trinajstić information content (AvgIpc) is 2.47. The highest BCUT2D eigenvalue weighted by Gasteiger charge is 2.30. The molecule has 1 fully saturated rings. The van der Waals surface area contributed by atoms with E-state index in [-0.39, 0.29) is 6.54 Å². The molecular formula is C16H22BF4N2O2-. The van der Waals surface area contributed by atoms with Crippen molar-refractivity contribution in [2.24, 2.45) is 0 Å². The van der Waals surface area contributed by atoms with E-state index in [1.807, 2.05) is 4.90 Å². The molecule has 0 spiro atoms. The Kier molecular flexibility index (Phi) is 5.66. The lowest BCUT2D eigenvalue weighted by Crippen LogP contribution is -2.49. The zero-order valence-corrected chi connectivity index (χ0v) is 14.6. The van der Waals surface area contributed by atoms with Gasteiger partial charge in [-0.05, 0) is 32.4 Å². The summed E-state index contributed by atoms with van der Waals surface area (Å²) >= 11 is 0. The molecule has 1 saturated heterocycles. The van der Waals surface area contributed by atoms with Crippen LogP contribution < -0.4 is 5.46 Å². The van der Waals surface area contributed by atoms with Gasteiger partial charge in [0.2, 0.25) is 0 Å². The number of benzene rings is 1. The fourth-order valence-electron chi connectivity index (χ4n) is 2.62. The zero-order chi connectivity index (χ0) is 18.8. The predicted octanol–water partition coefficient (Wildman–Crippen LogP) is 2.93. The molecule has 0 radical (unpaired) electrons. The molecule has 0 aromatic heterocycles. The van der Waals surface area contributed by atoms with Crippen molar-refractivity contribution < 1.29 is 26.9 Å². The Bertz CT molecular complexity index is 624. The molecule has 0 aliphatic carbocycles. The van der Waals surface area contributed by atoms with Crippen molar-refractivity contribution in [1.82, 2.24) is 9.80 Å². The van der Waals surface area contributed by atoms with Gasteiger partial charge in [0.15, 0.2) is 0 Å². The highest BCUT2D eigenvalue weighted by atomic mass is 19.4.